The van der Waals surface area contributed by atoms with E-state index in [0.29, 0.717) is 36.6 Å². The fourth-order valence-electron chi connectivity index (χ4n) is 4.49. The molecule has 1 atom stereocenters. The Hall–Kier alpha value is -2.73. The highest BCUT2D eigenvalue weighted by atomic mass is 35.5. The molecule has 2 amide bonds. The van der Waals surface area contributed by atoms with Crippen molar-refractivity contribution in [3.8, 4) is 0 Å². The van der Waals surface area contributed by atoms with Crippen LogP contribution >= 0.6 is 11.6 Å². The molecule has 0 aromatic heterocycles. The van der Waals surface area contributed by atoms with Crippen LogP contribution < -0.4 is 10.2 Å². The van der Waals surface area contributed by atoms with E-state index in [9.17, 15) is 9.59 Å². The molecule has 0 saturated carbocycles. The zero-order valence-corrected chi connectivity index (χ0v) is 21.6. The number of aryl methyl sites for hydroxylation is 1. The van der Waals surface area contributed by atoms with Crippen molar-refractivity contribution < 1.29 is 14.3 Å². The van der Waals surface area contributed by atoms with Crippen LogP contribution in [-0.4, -0.2) is 49.2 Å². The van der Waals surface area contributed by atoms with Gasteiger partial charge in [-0.25, -0.2) is 4.79 Å². The molecule has 0 spiro atoms. The third-order valence-electron chi connectivity index (χ3n) is 6.63. The number of fused-ring (bicyclic) bond motifs is 1. The maximum atomic E-state index is 13.8. The van der Waals surface area contributed by atoms with Crippen molar-refractivity contribution in [1.29, 1.82) is 0 Å². The molecule has 0 aliphatic heterocycles. The van der Waals surface area contributed by atoms with E-state index in [-0.39, 0.29) is 11.8 Å². The molecule has 0 heterocycles. The fraction of sp³-hybridized carbons (Fsp3) is 0.481. The van der Waals surface area contributed by atoms with Gasteiger partial charge in [0.15, 0.2) is 0 Å². The van der Waals surface area contributed by atoms with Crippen molar-refractivity contribution in [3.63, 3.8) is 0 Å². The maximum absolute atomic E-state index is 13.8. The van der Waals surface area contributed by atoms with Gasteiger partial charge in [0, 0.05) is 43.0 Å². The lowest BCUT2D eigenvalue weighted by Gasteiger charge is -2.43. The minimum absolute atomic E-state index is 0.202. The van der Waals surface area contributed by atoms with Gasteiger partial charge in [0.1, 0.15) is 5.54 Å². The van der Waals surface area contributed by atoms with E-state index >= 15 is 0 Å². The Balaban J connectivity index is 1.90. The summed E-state index contributed by atoms with van der Waals surface area (Å²) in [5, 5.41) is 3.67. The summed E-state index contributed by atoms with van der Waals surface area (Å²) in [7, 11) is 1.65. The second-order valence-electron chi connectivity index (χ2n) is 9.29. The maximum Gasteiger partial charge on any atom is 0.410 e. The third kappa shape index (κ3) is 5.49. The summed E-state index contributed by atoms with van der Waals surface area (Å²) < 4.78 is 5.50. The Morgan fingerprint density at radius 1 is 1.12 bits per heavy atom. The molecule has 0 saturated heterocycles. The van der Waals surface area contributed by atoms with Crippen LogP contribution in [0.15, 0.2) is 42.5 Å². The molecule has 1 aliphatic rings. The topological polar surface area (TPSA) is 61.9 Å². The molecule has 1 unspecified atom stereocenters. The van der Waals surface area contributed by atoms with Crippen LogP contribution in [0.1, 0.15) is 45.2 Å². The largest absolute Gasteiger partial charge is 0.449 e. The average molecular weight is 486 g/mol. The summed E-state index contributed by atoms with van der Waals surface area (Å²) in [4.78, 5) is 30.5. The summed E-state index contributed by atoms with van der Waals surface area (Å²) in [6.07, 6.45) is 0.956. The van der Waals surface area contributed by atoms with Gasteiger partial charge in [0.2, 0.25) is 0 Å². The highest BCUT2D eigenvalue weighted by Crippen LogP contribution is 2.37. The van der Waals surface area contributed by atoms with Gasteiger partial charge in [-0.2, -0.15) is 0 Å². The summed E-state index contributed by atoms with van der Waals surface area (Å²) in [6, 6.07) is 13.6. The minimum Gasteiger partial charge on any atom is -0.449 e. The normalized spacial score (nSPS) is 17.1. The number of carbonyl (C=O) groups excluding carboxylic acids is 2. The molecule has 6 nitrogen and oxygen atoms in total. The Kier molecular flexibility index (Phi) is 8.47. The molecule has 1 N–H and O–H groups in total. The molecular formula is C27H36ClN3O3. The van der Waals surface area contributed by atoms with E-state index < -0.39 is 11.6 Å². The Morgan fingerprint density at radius 3 is 2.41 bits per heavy atom. The number of benzene rings is 2. The number of anilines is 2. The van der Waals surface area contributed by atoms with Gasteiger partial charge in [0.25, 0.3) is 5.91 Å². The molecular weight excluding hydrogens is 450 g/mol. The molecule has 0 radical (unpaired) electrons. The molecule has 184 valence electrons. The van der Waals surface area contributed by atoms with Crippen LogP contribution in [0.3, 0.4) is 0 Å². The Bertz CT molecular complexity index is 1000. The zero-order chi connectivity index (χ0) is 24.9. The first-order valence-corrected chi connectivity index (χ1v) is 12.4. The Morgan fingerprint density at radius 2 is 1.79 bits per heavy atom. The van der Waals surface area contributed by atoms with Crippen molar-refractivity contribution in [1.82, 2.24) is 4.90 Å². The summed E-state index contributed by atoms with van der Waals surface area (Å²) >= 11 is 6.52. The van der Waals surface area contributed by atoms with Crippen LogP contribution in [0.25, 0.3) is 0 Å². The van der Waals surface area contributed by atoms with Gasteiger partial charge in [-0.1, -0.05) is 37.6 Å². The molecule has 2 aromatic rings. The van der Waals surface area contributed by atoms with E-state index in [1.165, 1.54) is 4.90 Å². The number of ether oxygens (including phenoxy) is 1. The van der Waals surface area contributed by atoms with Gasteiger partial charge in [-0.3, -0.25) is 9.69 Å². The summed E-state index contributed by atoms with van der Waals surface area (Å²) in [5.41, 5.74) is 2.71. The quantitative estimate of drug-likeness (QED) is 0.515. The first-order chi connectivity index (χ1) is 16.2. The van der Waals surface area contributed by atoms with Crippen LogP contribution in [0, 0.1) is 5.92 Å². The second kappa shape index (κ2) is 11.1. The van der Waals surface area contributed by atoms with Gasteiger partial charge >= 0.3 is 6.09 Å². The molecule has 0 bridgehead atoms. The van der Waals surface area contributed by atoms with Gasteiger partial charge in [-0.05, 0) is 74.1 Å². The van der Waals surface area contributed by atoms with Crippen molar-refractivity contribution >= 4 is 35.0 Å². The molecule has 34 heavy (non-hydrogen) atoms. The lowest BCUT2D eigenvalue weighted by atomic mass is 9.76. The van der Waals surface area contributed by atoms with E-state index in [0.717, 1.165) is 29.9 Å². The van der Waals surface area contributed by atoms with Crippen molar-refractivity contribution in [2.75, 3.05) is 37.0 Å². The monoisotopic (exact) mass is 485 g/mol. The smallest absolute Gasteiger partial charge is 0.410 e. The second-order valence-corrected chi connectivity index (χ2v) is 9.70. The lowest BCUT2D eigenvalue weighted by Crippen LogP contribution is -2.60. The predicted molar refractivity (Wildman–Crippen MR) is 139 cm³/mol. The lowest BCUT2D eigenvalue weighted by molar-refractivity contribution is -0.127. The number of halogens is 1. The fourth-order valence-corrected chi connectivity index (χ4v) is 4.75. The summed E-state index contributed by atoms with van der Waals surface area (Å²) in [5.74, 6) is -0.0365. The third-order valence-corrected chi connectivity index (χ3v) is 6.98. The molecule has 3 rings (SSSR count). The standard InChI is InChI=1S/C27H36ClN3O3/c1-6-31(7-2)22-13-11-21(12-14-22)29-25(32)27(30(5)26(33)34-18-19(3)4)16-15-20-9-8-10-24(28)23(20)17-27/h8-14,19H,6-7,15-18H2,1-5H3,(H,29,32). The number of nitrogens with zero attached hydrogens (tertiary/aromatic N) is 2. The number of hydrogen-bond donors (Lipinski definition) is 1. The van der Waals surface area contributed by atoms with Crippen molar-refractivity contribution in [2.24, 2.45) is 5.92 Å². The highest BCUT2D eigenvalue weighted by Gasteiger charge is 2.48. The molecule has 7 heteroatoms. The van der Waals surface area contributed by atoms with E-state index in [1.54, 1.807) is 7.05 Å². The number of amides is 2. The van der Waals surface area contributed by atoms with Gasteiger partial charge < -0.3 is 15.0 Å². The first kappa shape index (κ1) is 25.9. The number of carbonyl (C=O) groups is 2. The van der Waals surface area contributed by atoms with E-state index in [1.807, 2.05) is 56.3 Å². The van der Waals surface area contributed by atoms with Crippen molar-refractivity contribution in [2.45, 2.75) is 52.5 Å². The minimum atomic E-state index is -1.11. The van der Waals surface area contributed by atoms with E-state index in [2.05, 4.69) is 24.1 Å². The molecule has 1 aliphatic carbocycles. The predicted octanol–water partition coefficient (Wildman–Crippen LogP) is 5.78. The van der Waals surface area contributed by atoms with Crippen molar-refractivity contribution in [3.05, 3.63) is 58.6 Å². The van der Waals surface area contributed by atoms with Crippen LogP contribution in [0.5, 0.6) is 0 Å². The SMILES string of the molecule is CCN(CC)c1ccc(NC(=O)C2(N(C)C(=O)OCC(C)C)CCc3cccc(Cl)c3C2)cc1. The summed E-state index contributed by atoms with van der Waals surface area (Å²) in [6.45, 7) is 10.3. The molecule has 2 aromatic carbocycles. The Labute approximate surface area is 208 Å². The number of hydrogen-bond acceptors (Lipinski definition) is 4. The van der Waals surface area contributed by atoms with Crippen LogP contribution in [0.4, 0.5) is 16.2 Å². The highest BCUT2D eigenvalue weighted by molar-refractivity contribution is 6.31. The van der Waals surface area contributed by atoms with Gasteiger partial charge in [0.05, 0.1) is 6.61 Å². The number of rotatable bonds is 8. The van der Waals surface area contributed by atoms with E-state index in [4.69, 9.17) is 16.3 Å². The van der Waals surface area contributed by atoms with Crippen LogP contribution in [0.2, 0.25) is 5.02 Å². The molecule has 0 fully saturated rings. The first-order valence-electron chi connectivity index (χ1n) is 12.0. The van der Waals surface area contributed by atoms with Crippen LogP contribution in [-0.2, 0) is 22.4 Å². The zero-order valence-electron chi connectivity index (χ0n) is 20.9. The van der Waals surface area contributed by atoms with Gasteiger partial charge in [-0.15, -0.1) is 0 Å². The number of nitrogens with one attached hydrogen (secondary N) is 1. The average Bonchev–Trinajstić information content (AvgIpc) is 2.83. The number of likely N-dealkylation sites (N-methyl/N-ethyl adjacent to an activating group) is 1.